The van der Waals surface area contributed by atoms with Crippen LogP contribution in [0, 0.1) is 5.41 Å². The molecule has 7 heteroatoms. The highest BCUT2D eigenvalue weighted by molar-refractivity contribution is 5.94. The van der Waals surface area contributed by atoms with Crippen LogP contribution in [0.3, 0.4) is 0 Å². The second kappa shape index (κ2) is 8.19. The summed E-state index contributed by atoms with van der Waals surface area (Å²) in [5.41, 5.74) is 1.81. The number of rotatable bonds is 6. The third-order valence-corrected chi connectivity index (χ3v) is 5.97. The number of ketones is 1. The van der Waals surface area contributed by atoms with Crippen LogP contribution in [0.4, 0.5) is 11.5 Å². The van der Waals surface area contributed by atoms with E-state index in [0.29, 0.717) is 28.8 Å². The van der Waals surface area contributed by atoms with Gasteiger partial charge in [-0.2, -0.15) is 0 Å². The van der Waals surface area contributed by atoms with Crippen LogP contribution in [0.1, 0.15) is 66.7 Å². The molecule has 1 saturated carbocycles. The average molecular weight is 393 g/mol. The van der Waals surface area contributed by atoms with E-state index in [9.17, 15) is 9.59 Å². The second-order valence-corrected chi connectivity index (χ2v) is 8.04. The van der Waals surface area contributed by atoms with E-state index in [1.165, 1.54) is 19.3 Å². The smallest absolute Gasteiger partial charge is 0.261 e. The van der Waals surface area contributed by atoms with Crippen LogP contribution in [-0.2, 0) is 0 Å². The van der Waals surface area contributed by atoms with Crippen LogP contribution >= 0.6 is 0 Å². The number of nitrogens with zero attached hydrogens (tertiary/aromatic N) is 2. The number of hydrogen-bond donors (Lipinski definition) is 3. The molecule has 0 amide bonds. The molecule has 2 aromatic rings. The third kappa shape index (κ3) is 4.09. The predicted octanol–water partition coefficient (Wildman–Crippen LogP) is 3.32. The zero-order valence-corrected chi connectivity index (χ0v) is 16.7. The van der Waals surface area contributed by atoms with Crippen molar-refractivity contribution in [2.45, 2.75) is 51.0 Å². The number of aromatic amines is 1. The number of H-pyrrole nitrogens is 1. The maximum absolute atomic E-state index is 12.5. The molecule has 1 aliphatic heterocycles. The molecule has 2 heterocycles. The molecule has 0 bridgehead atoms. The molecule has 1 aliphatic carbocycles. The summed E-state index contributed by atoms with van der Waals surface area (Å²) in [7, 11) is 0. The summed E-state index contributed by atoms with van der Waals surface area (Å²) >= 11 is 0. The Morgan fingerprint density at radius 3 is 2.52 bits per heavy atom. The van der Waals surface area contributed by atoms with Gasteiger partial charge in [-0.25, -0.2) is 4.98 Å². The molecule has 0 spiro atoms. The van der Waals surface area contributed by atoms with Crippen molar-refractivity contribution in [2.75, 3.05) is 23.3 Å². The van der Waals surface area contributed by atoms with Crippen LogP contribution < -0.4 is 15.8 Å². The molecule has 0 unspecified atom stereocenters. The summed E-state index contributed by atoms with van der Waals surface area (Å²) in [6.45, 7) is 3.08. The van der Waals surface area contributed by atoms with Crippen LogP contribution in [0.15, 0.2) is 29.1 Å². The quantitative estimate of drug-likeness (QED) is 0.516. The zero-order chi connectivity index (χ0) is 20.4. The van der Waals surface area contributed by atoms with Crippen molar-refractivity contribution in [1.29, 1.82) is 5.41 Å². The minimum Gasteiger partial charge on any atom is -0.370 e. The first-order valence-corrected chi connectivity index (χ1v) is 10.3. The molecule has 3 N–H and O–H groups in total. The van der Waals surface area contributed by atoms with E-state index in [1.807, 2.05) is 24.3 Å². The summed E-state index contributed by atoms with van der Waals surface area (Å²) in [5.74, 6) is 1.41. The SMILES string of the molecule is CC(=O)c1ccc(N2CC(c3nc(NC4CCCCC4)c(C=N)c(=O)[nH]3)C2)cc1. The van der Waals surface area contributed by atoms with E-state index in [2.05, 4.69) is 15.2 Å². The number of carbonyl (C=O) groups excluding carboxylic acids is 1. The Labute approximate surface area is 170 Å². The van der Waals surface area contributed by atoms with Crippen molar-refractivity contribution in [1.82, 2.24) is 9.97 Å². The molecule has 1 aromatic carbocycles. The Morgan fingerprint density at radius 2 is 1.90 bits per heavy atom. The van der Waals surface area contributed by atoms with Gasteiger partial charge in [-0.3, -0.25) is 9.59 Å². The number of nitrogens with one attached hydrogen (secondary N) is 3. The van der Waals surface area contributed by atoms with E-state index >= 15 is 0 Å². The van der Waals surface area contributed by atoms with Crippen molar-refractivity contribution in [3.63, 3.8) is 0 Å². The molecule has 0 radical (unpaired) electrons. The summed E-state index contributed by atoms with van der Waals surface area (Å²) in [5, 5.41) is 11.0. The van der Waals surface area contributed by atoms with Crippen molar-refractivity contribution in [3.05, 3.63) is 51.6 Å². The topological polar surface area (TPSA) is 102 Å². The highest BCUT2D eigenvalue weighted by Gasteiger charge is 2.31. The fourth-order valence-electron chi connectivity index (χ4n) is 4.15. The molecule has 2 fully saturated rings. The Kier molecular flexibility index (Phi) is 5.47. The van der Waals surface area contributed by atoms with Gasteiger partial charge in [0, 0.05) is 36.6 Å². The lowest BCUT2D eigenvalue weighted by molar-refractivity contribution is 0.101. The monoisotopic (exact) mass is 393 g/mol. The van der Waals surface area contributed by atoms with Crippen molar-refractivity contribution in [2.24, 2.45) is 0 Å². The maximum atomic E-state index is 12.5. The molecule has 0 atom stereocenters. The van der Waals surface area contributed by atoms with Crippen LogP contribution in [0.2, 0.25) is 0 Å². The maximum Gasteiger partial charge on any atom is 0.261 e. The summed E-state index contributed by atoms with van der Waals surface area (Å²) < 4.78 is 0. The van der Waals surface area contributed by atoms with Gasteiger partial charge in [-0.1, -0.05) is 19.3 Å². The Morgan fingerprint density at radius 1 is 1.21 bits per heavy atom. The first-order chi connectivity index (χ1) is 14.0. The van der Waals surface area contributed by atoms with E-state index in [0.717, 1.165) is 37.8 Å². The second-order valence-electron chi connectivity index (χ2n) is 8.04. The minimum atomic E-state index is -0.257. The molecular weight excluding hydrogens is 366 g/mol. The van der Waals surface area contributed by atoms with E-state index in [-0.39, 0.29) is 17.3 Å². The van der Waals surface area contributed by atoms with Gasteiger partial charge in [0.15, 0.2) is 5.78 Å². The summed E-state index contributed by atoms with van der Waals surface area (Å²) in [4.78, 5) is 33.7. The number of aromatic nitrogens is 2. The van der Waals surface area contributed by atoms with Gasteiger partial charge in [0.1, 0.15) is 11.6 Å². The third-order valence-electron chi connectivity index (χ3n) is 5.97. The van der Waals surface area contributed by atoms with Crippen LogP contribution in [0.5, 0.6) is 0 Å². The van der Waals surface area contributed by atoms with Crippen molar-refractivity contribution >= 4 is 23.5 Å². The molecule has 7 nitrogen and oxygen atoms in total. The predicted molar refractivity (Wildman–Crippen MR) is 115 cm³/mol. The Hall–Kier alpha value is -2.96. The number of benzene rings is 1. The lowest BCUT2D eigenvalue weighted by Gasteiger charge is -2.40. The molecule has 1 aromatic heterocycles. The minimum absolute atomic E-state index is 0.0593. The van der Waals surface area contributed by atoms with Crippen molar-refractivity contribution in [3.8, 4) is 0 Å². The van der Waals surface area contributed by atoms with Gasteiger partial charge >= 0.3 is 0 Å². The highest BCUT2D eigenvalue weighted by atomic mass is 16.1. The molecule has 4 rings (SSSR count). The van der Waals surface area contributed by atoms with E-state index < -0.39 is 0 Å². The first-order valence-electron chi connectivity index (χ1n) is 10.3. The number of carbonyl (C=O) groups is 1. The molecular formula is C22H27N5O2. The van der Waals surface area contributed by atoms with Crippen LogP contribution in [-0.4, -0.2) is 41.1 Å². The number of anilines is 2. The standard InChI is InChI=1S/C22H27N5O2/c1-14(28)15-7-9-18(10-8-15)27-12-16(13-27)20-25-21(19(11-23)22(29)26-20)24-17-5-3-2-4-6-17/h7-11,16-17,23H,2-6,12-13H2,1H3,(H2,24,25,26,29). The van der Waals surface area contributed by atoms with Gasteiger partial charge in [0.2, 0.25) is 0 Å². The normalized spacial score (nSPS) is 17.6. The Balaban J connectivity index is 1.48. The van der Waals surface area contributed by atoms with Crippen LogP contribution in [0.25, 0.3) is 0 Å². The average Bonchev–Trinajstić information content (AvgIpc) is 2.68. The van der Waals surface area contributed by atoms with Gasteiger partial charge < -0.3 is 20.6 Å². The number of hydrogen-bond acceptors (Lipinski definition) is 6. The fraction of sp³-hybridized carbons (Fsp3) is 0.455. The highest BCUT2D eigenvalue weighted by Crippen LogP contribution is 2.30. The summed E-state index contributed by atoms with van der Waals surface area (Å²) in [6.07, 6.45) is 6.88. The van der Waals surface area contributed by atoms with E-state index in [4.69, 9.17) is 10.4 Å². The molecule has 29 heavy (non-hydrogen) atoms. The Bertz CT molecular complexity index is 954. The van der Waals surface area contributed by atoms with Gasteiger partial charge in [-0.05, 0) is 44.0 Å². The number of Topliss-reactive ketones (excluding diaryl/α,β-unsaturated/α-hetero) is 1. The van der Waals surface area contributed by atoms with Gasteiger partial charge in [-0.15, -0.1) is 0 Å². The lowest BCUT2D eigenvalue weighted by Crippen LogP contribution is -2.46. The largest absolute Gasteiger partial charge is 0.370 e. The van der Waals surface area contributed by atoms with Gasteiger partial charge in [0.25, 0.3) is 5.56 Å². The first kappa shape index (κ1) is 19.4. The molecule has 1 saturated heterocycles. The van der Waals surface area contributed by atoms with Crippen molar-refractivity contribution < 1.29 is 4.79 Å². The zero-order valence-electron chi connectivity index (χ0n) is 16.7. The van der Waals surface area contributed by atoms with E-state index in [1.54, 1.807) is 6.92 Å². The molecule has 152 valence electrons. The molecule has 2 aliphatic rings. The van der Waals surface area contributed by atoms with Gasteiger partial charge in [0.05, 0.1) is 11.5 Å². The fourth-order valence-corrected chi connectivity index (χ4v) is 4.15. The summed E-state index contributed by atoms with van der Waals surface area (Å²) in [6, 6.07) is 7.92. The lowest BCUT2D eigenvalue weighted by atomic mass is 9.95.